The highest BCUT2D eigenvalue weighted by Crippen LogP contribution is 2.36. The lowest BCUT2D eigenvalue weighted by molar-refractivity contribution is -0.139. The van der Waals surface area contributed by atoms with Crippen molar-refractivity contribution < 1.29 is 14.7 Å². The van der Waals surface area contributed by atoms with Crippen LogP contribution in [0.15, 0.2) is 54.6 Å². The highest BCUT2D eigenvalue weighted by atomic mass is 32.2. The van der Waals surface area contributed by atoms with Crippen molar-refractivity contribution in [3.8, 4) is 0 Å². The molecule has 6 rings (SSSR count). The lowest BCUT2D eigenvalue weighted by Gasteiger charge is -2.24. The van der Waals surface area contributed by atoms with Gasteiger partial charge in [0.2, 0.25) is 0 Å². The molecule has 0 aliphatic carbocycles. The predicted octanol–water partition coefficient (Wildman–Crippen LogP) is 3.29. The largest absolute Gasteiger partial charge is 0.480 e. The summed E-state index contributed by atoms with van der Waals surface area (Å²) in [5, 5.41) is 26.0. The molecule has 4 atom stereocenters. The molecular weight excluding hydrogens is 410 g/mol. The maximum Gasteiger partial charge on any atom is 0.321 e. The number of carboxylic acid groups (broad SMARTS) is 1. The van der Waals surface area contributed by atoms with E-state index in [1.807, 2.05) is 6.07 Å². The van der Waals surface area contributed by atoms with Crippen LogP contribution in [0.2, 0.25) is 0 Å². The summed E-state index contributed by atoms with van der Waals surface area (Å²) < 4.78 is 0. The van der Waals surface area contributed by atoms with E-state index in [-0.39, 0.29) is 23.5 Å². The molecule has 2 aliphatic heterocycles. The molecule has 0 unspecified atom stereocenters. The molecule has 0 radical (unpaired) electrons. The smallest absolute Gasteiger partial charge is 0.321 e. The van der Waals surface area contributed by atoms with Gasteiger partial charge >= 0.3 is 12.0 Å². The Morgan fingerprint density at radius 2 is 1.74 bits per heavy atom. The Bertz CT molecular complexity index is 1320. The molecule has 156 valence electrons. The molecule has 4 aromatic carbocycles. The van der Waals surface area contributed by atoms with Gasteiger partial charge in [-0.25, -0.2) is 4.79 Å². The van der Waals surface area contributed by atoms with Crippen LogP contribution in [0.3, 0.4) is 0 Å². The Kier molecular flexibility index (Phi) is 4.23. The van der Waals surface area contributed by atoms with Gasteiger partial charge in [0.15, 0.2) is 0 Å². The average Bonchev–Trinajstić information content (AvgIpc) is 3.31. The Morgan fingerprint density at radius 1 is 1.03 bits per heavy atom. The molecule has 2 saturated heterocycles. The van der Waals surface area contributed by atoms with Gasteiger partial charge in [-0.1, -0.05) is 54.6 Å². The van der Waals surface area contributed by atoms with E-state index in [0.29, 0.717) is 6.42 Å². The Balaban J connectivity index is 1.37. The minimum atomic E-state index is -0.882. The summed E-state index contributed by atoms with van der Waals surface area (Å²) in [7, 11) is 0. The van der Waals surface area contributed by atoms with Crippen LogP contribution in [-0.4, -0.2) is 46.4 Å². The van der Waals surface area contributed by atoms with Crippen LogP contribution >= 0.6 is 11.8 Å². The third kappa shape index (κ3) is 2.99. The van der Waals surface area contributed by atoms with Gasteiger partial charge in [0.25, 0.3) is 0 Å². The van der Waals surface area contributed by atoms with Crippen LogP contribution in [-0.2, 0) is 11.2 Å². The minimum Gasteiger partial charge on any atom is -0.480 e. The van der Waals surface area contributed by atoms with Crippen LogP contribution in [0.5, 0.6) is 0 Å². The fourth-order valence-electron chi connectivity index (χ4n) is 5.06. The lowest BCUT2D eigenvalue weighted by atomic mass is 9.90. The van der Waals surface area contributed by atoms with E-state index >= 15 is 0 Å². The van der Waals surface area contributed by atoms with Crippen LogP contribution in [0.4, 0.5) is 4.79 Å². The monoisotopic (exact) mass is 431 g/mol. The zero-order chi connectivity index (χ0) is 21.1. The van der Waals surface area contributed by atoms with Crippen molar-refractivity contribution in [3.63, 3.8) is 0 Å². The molecule has 4 aromatic rings. The molecule has 2 aliphatic rings. The SMILES string of the molecule is O=C1N[C@H]2[C@H](CS[C@@H]2N[C@@H](Cc2ccc3ccc4cccc5ccc2c3c45)C(=O)O)N1. The van der Waals surface area contributed by atoms with Crippen molar-refractivity contribution in [1.29, 1.82) is 0 Å². The summed E-state index contributed by atoms with van der Waals surface area (Å²) in [6, 6.07) is 18.0. The Labute approximate surface area is 182 Å². The van der Waals surface area contributed by atoms with Gasteiger partial charge in [0.05, 0.1) is 17.5 Å². The van der Waals surface area contributed by atoms with Crippen molar-refractivity contribution in [1.82, 2.24) is 16.0 Å². The summed E-state index contributed by atoms with van der Waals surface area (Å²) in [5.41, 5.74) is 1.01. The molecule has 7 heteroatoms. The van der Waals surface area contributed by atoms with Crippen LogP contribution < -0.4 is 16.0 Å². The van der Waals surface area contributed by atoms with Crippen molar-refractivity contribution in [2.75, 3.05) is 5.75 Å². The Hall–Kier alpha value is -3.03. The number of urea groups is 1. The zero-order valence-corrected chi connectivity index (χ0v) is 17.4. The first-order chi connectivity index (χ1) is 15.1. The van der Waals surface area contributed by atoms with Crippen molar-refractivity contribution in [3.05, 3.63) is 60.2 Å². The molecule has 0 saturated carbocycles. The van der Waals surface area contributed by atoms with Crippen molar-refractivity contribution >= 4 is 56.1 Å². The molecule has 31 heavy (non-hydrogen) atoms. The number of hydrogen-bond acceptors (Lipinski definition) is 4. The van der Waals surface area contributed by atoms with Crippen LogP contribution in [0.1, 0.15) is 5.56 Å². The second kappa shape index (κ2) is 7.00. The summed E-state index contributed by atoms with van der Waals surface area (Å²) in [6.07, 6.45) is 0.374. The number of carbonyl (C=O) groups excluding carboxylic acids is 1. The molecule has 2 heterocycles. The highest BCUT2D eigenvalue weighted by molar-refractivity contribution is 8.00. The molecule has 0 bridgehead atoms. The first-order valence-corrected chi connectivity index (χ1v) is 11.5. The van der Waals surface area contributed by atoms with Crippen molar-refractivity contribution in [2.24, 2.45) is 0 Å². The third-order valence-corrected chi connectivity index (χ3v) is 7.88. The lowest BCUT2D eigenvalue weighted by Crippen LogP contribution is -2.51. The number of thioether (sulfide) groups is 1. The maximum absolute atomic E-state index is 12.1. The van der Waals surface area contributed by atoms with E-state index < -0.39 is 12.0 Å². The van der Waals surface area contributed by atoms with Gasteiger partial charge in [-0.2, -0.15) is 0 Å². The third-order valence-electron chi connectivity index (χ3n) is 6.54. The van der Waals surface area contributed by atoms with E-state index in [1.165, 1.54) is 21.5 Å². The van der Waals surface area contributed by atoms with Crippen molar-refractivity contribution in [2.45, 2.75) is 29.9 Å². The van der Waals surface area contributed by atoms with Crippen LogP contribution in [0, 0.1) is 0 Å². The number of carbonyl (C=O) groups is 2. The van der Waals surface area contributed by atoms with Gasteiger partial charge in [-0.15, -0.1) is 11.8 Å². The number of rotatable bonds is 5. The summed E-state index contributed by atoms with van der Waals surface area (Å²) in [5.74, 6) is -0.112. The quantitative estimate of drug-likeness (QED) is 0.288. The molecular formula is C24H21N3O3S. The summed E-state index contributed by atoms with van der Waals surface area (Å²) in [6.45, 7) is 0. The van der Waals surface area contributed by atoms with Gasteiger partial charge in [-0.05, 0) is 44.3 Å². The highest BCUT2D eigenvalue weighted by Gasteiger charge is 2.44. The number of amides is 2. The maximum atomic E-state index is 12.1. The average molecular weight is 432 g/mol. The molecule has 2 fully saturated rings. The van der Waals surface area contributed by atoms with E-state index in [2.05, 4.69) is 64.5 Å². The Morgan fingerprint density at radius 3 is 2.52 bits per heavy atom. The number of carboxylic acids is 1. The van der Waals surface area contributed by atoms with E-state index in [0.717, 1.165) is 22.1 Å². The van der Waals surface area contributed by atoms with Gasteiger partial charge in [0.1, 0.15) is 6.04 Å². The normalized spacial score (nSPS) is 23.9. The first-order valence-electron chi connectivity index (χ1n) is 10.4. The fourth-order valence-corrected chi connectivity index (χ4v) is 6.49. The standard InChI is InChI=1S/C24H21N3O3S/c28-23(29)17(25-22-21-18(11-31-22)26-24(30)27-21)10-15-7-6-14-5-4-12-2-1-3-13-8-9-16(15)20(14)19(12)13/h1-9,17-18,21-22,25H,10-11H2,(H,28,29)(H2,26,27,30)/t17-,18-,21-,22-/m0/s1. The number of fused-ring (bicyclic) bond motifs is 1. The first kappa shape index (κ1) is 18.7. The minimum absolute atomic E-state index is 0.0407. The molecule has 0 spiro atoms. The second-order valence-corrected chi connectivity index (χ2v) is 9.52. The predicted molar refractivity (Wildman–Crippen MR) is 124 cm³/mol. The van der Waals surface area contributed by atoms with Crippen LogP contribution in [0.25, 0.3) is 32.3 Å². The van der Waals surface area contributed by atoms with E-state index in [4.69, 9.17) is 0 Å². The molecule has 4 N–H and O–H groups in total. The molecule has 0 aromatic heterocycles. The fraction of sp³-hybridized carbons (Fsp3) is 0.250. The van der Waals surface area contributed by atoms with E-state index in [9.17, 15) is 14.7 Å². The van der Waals surface area contributed by atoms with E-state index in [1.54, 1.807) is 11.8 Å². The molecule has 2 amide bonds. The van der Waals surface area contributed by atoms with Gasteiger partial charge < -0.3 is 15.7 Å². The number of nitrogens with one attached hydrogen (secondary N) is 3. The molecule has 6 nitrogen and oxygen atoms in total. The van der Waals surface area contributed by atoms with Gasteiger partial charge in [0, 0.05) is 5.75 Å². The second-order valence-electron chi connectivity index (χ2n) is 8.35. The number of benzene rings is 4. The topological polar surface area (TPSA) is 90.5 Å². The summed E-state index contributed by atoms with van der Waals surface area (Å²) in [4.78, 5) is 23.8. The van der Waals surface area contributed by atoms with Gasteiger partial charge in [-0.3, -0.25) is 10.1 Å². The number of aliphatic carboxylic acids is 1. The summed E-state index contributed by atoms with van der Waals surface area (Å²) >= 11 is 1.65. The zero-order valence-electron chi connectivity index (χ0n) is 16.6. The number of hydrogen-bond donors (Lipinski definition) is 4.